The lowest BCUT2D eigenvalue weighted by atomic mass is 10.1. The molecule has 2 aromatic carbocycles. The summed E-state index contributed by atoms with van der Waals surface area (Å²) in [5.74, 6) is 0.667. The number of nitrogens with zero attached hydrogens (tertiary/aromatic N) is 1. The highest BCUT2D eigenvalue weighted by atomic mass is 32.1. The maximum atomic E-state index is 12.6. The van der Waals surface area contributed by atoms with E-state index < -0.39 is 5.97 Å². The van der Waals surface area contributed by atoms with Crippen molar-refractivity contribution in [3.63, 3.8) is 0 Å². The van der Waals surface area contributed by atoms with Crippen molar-refractivity contribution >= 4 is 23.1 Å². The van der Waals surface area contributed by atoms with E-state index in [1.165, 1.54) is 25.4 Å². The topological polar surface area (TPSA) is 74.7 Å². The van der Waals surface area contributed by atoms with Gasteiger partial charge in [0.25, 0.3) is 0 Å². The first-order valence-electron chi connectivity index (χ1n) is 8.94. The molecule has 0 unspecified atom stereocenters. The number of rotatable bonds is 7. The molecule has 1 aromatic heterocycles. The second-order valence-electron chi connectivity index (χ2n) is 6.44. The number of aromatic nitrogens is 1. The first-order chi connectivity index (χ1) is 13.9. The molecular formula is C22H21NO5S. The van der Waals surface area contributed by atoms with Gasteiger partial charge in [0, 0.05) is 5.56 Å². The van der Waals surface area contributed by atoms with E-state index >= 15 is 0 Å². The summed E-state index contributed by atoms with van der Waals surface area (Å²) in [6.07, 6.45) is 0. The van der Waals surface area contributed by atoms with Crippen molar-refractivity contribution in [1.82, 2.24) is 4.98 Å². The molecule has 7 heteroatoms. The van der Waals surface area contributed by atoms with Crippen LogP contribution in [0.25, 0.3) is 0 Å². The molecule has 1 heterocycles. The number of methoxy groups -OCH3 is 1. The molecular weight excluding hydrogens is 390 g/mol. The van der Waals surface area contributed by atoms with Gasteiger partial charge in [-0.2, -0.15) is 0 Å². The van der Waals surface area contributed by atoms with Crippen LogP contribution in [0.1, 0.15) is 43.2 Å². The smallest absolute Gasteiger partial charge is 0.355 e. The van der Waals surface area contributed by atoms with Crippen LogP contribution in [0.2, 0.25) is 0 Å². The predicted octanol–water partition coefficient (Wildman–Crippen LogP) is 4.77. The van der Waals surface area contributed by atoms with Gasteiger partial charge in [0.2, 0.25) is 0 Å². The largest absolute Gasteiger partial charge is 0.493 e. The summed E-state index contributed by atoms with van der Waals surface area (Å²) in [5.41, 5.74) is 2.20. The maximum absolute atomic E-state index is 12.6. The Labute approximate surface area is 173 Å². The van der Waals surface area contributed by atoms with E-state index in [0.29, 0.717) is 26.9 Å². The standard InChI is InChI=1S/C22H21NO5S/c1-13-5-8-17(9-6-13)27-12-20-23-14(2)21(29-20)22(25)28-18-10-7-16(15(3)24)11-19(18)26-4/h5-11H,12H2,1-4H3. The van der Waals surface area contributed by atoms with Crippen LogP contribution in [0, 0.1) is 13.8 Å². The first kappa shape index (κ1) is 20.5. The number of esters is 1. The quantitative estimate of drug-likeness (QED) is 0.317. The van der Waals surface area contributed by atoms with Crippen molar-refractivity contribution in [3.05, 3.63) is 69.2 Å². The number of hydrogen-bond acceptors (Lipinski definition) is 7. The minimum atomic E-state index is -0.532. The Morgan fingerprint density at radius 2 is 1.76 bits per heavy atom. The van der Waals surface area contributed by atoms with Gasteiger partial charge in [0.15, 0.2) is 17.3 Å². The summed E-state index contributed by atoms with van der Waals surface area (Å²) in [6.45, 7) is 5.48. The third-order valence-electron chi connectivity index (χ3n) is 4.18. The van der Waals surface area contributed by atoms with Gasteiger partial charge in [-0.15, -0.1) is 11.3 Å². The van der Waals surface area contributed by atoms with Crippen LogP contribution in [-0.2, 0) is 6.61 Å². The van der Waals surface area contributed by atoms with Crippen molar-refractivity contribution < 1.29 is 23.8 Å². The highest BCUT2D eigenvalue weighted by molar-refractivity contribution is 7.13. The molecule has 0 aliphatic heterocycles. The number of Topliss-reactive ketones (excluding diaryl/α,β-unsaturated/α-hetero) is 1. The Kier molecular flexibility index (Phi) is 6.29. The molecule has 3 rings (SSSR count). The van der Waals surface area contributed by atoms with Gasteiger partial charge in [0.1, 0.15) is 22.2 Å². The second-order valence-corrected chi connectivity index (χ2v) is 7.52. The van der Waals surface area contributed by atoms with Crippen molar-refractivity contribution in [2.45, 2.75) is 27.4 Å². The fourth-order valence-corrected chi connectivity index (χ4v) is 3.45. The molecule has 0 saturated heterocycles. The van der Waals surface area contributed by atoms with E-state index in [1.807, 2.05) is 31.2 Å². The van der Waals surface area contributed by atoms with Crippen molar-refractivity contribution in [3.8, 4) is 17.2 Å². The number of ketones is 1. The van der Waals surface area contributed by atoms with Gasteiger partial charge in [-0.05, 0) is 51.1 Å². The molecule has 0 N–H and O–H groups in total. The van der Waals surface area contributed by atoms with Gasteiger partial charge in [-0.1, -0.05) is 17.7 Å². The minimum Gasteiger partial charge on any atom is -0.493 e. The van der Waals surface area contributed by atoms with Crippen LogP contribution in [-0.4, -0.2) is 23.8 Å². The molecule has 3 aromatic rings. The molecule has 0 spiro atoms. The second kappa shape index (κ2) is 8.87. The summed E-state index contributed by atoms with van der Waals surface area (Å²) in [5, 5.41) is 0.675. The summed E-state index contributed by atoms with van der Waals surface area (Å²) in [4.78, 5) is 28.9. The fraction of sp³-hybridized carbons (Fsp3) is 0.227. The van der Waals surface area contributed by atoms with Crippen LogP contribution < -0.4 is 14.2 Å². The number of carbonyl (C=O) groups excluding carboxylic acids is 2. The predicted molar refractivity (Wildman–Crippen MR) is 110 cm³/mol. The SMILES string of the molecule is COc1cc(C(C)=O)ccc1OC(=O)c1sc(COc2ccc(C)cc2)nc1C. The molecule has 0 atom stereocenters. The van der Waals surface area contributed by atoms with Crippen LogP contribution in [0.5, 0.6) is 17.2 Å². The number of ether oxygens (including phenoxy) is 3. The molecule has 0 aliphatic rings. The van der Waals surface area contributed by atoms with Gasteiger partial charge in [-0.3, -0.25) is 4.79 Å². The monoisotopic (exact) mass is 411 g/mol. The molecule has 150 valence electrons. The lowest BCUT2D eigenvalue weighted by Gasteiger charge is -2.09. The molecule has 0 radical (unpaired) electrons. The average Bonchev–Trinajstić information content (AvgIpc) is 3.08. The number of thiazole rings is 1. The lowest BCUT2D eigenvalue weighted by molar-refractivity contribution is 0.0734. The zero-order valence-electron chi connectivity index (χ0n) is 16.6. The van der Waals surface area contributed by atoms with Crippen LogP contribution >= 0.6 is 11.3 Å². The Morgan fingerprint density at radius 3 is 2.41 bits per heavy atom. The summed E-state index contributed by atoms with van der Waals surface area (Å²) in [7, 11) is 1.45. The fourth-order valence-electron chi connectivity index (χ4n) is 2.60. The van der Waals surface area contributed by atoms with E-state index in [9.17, 15) is 9.59 Å². The lowest BCUT2D eigenvalue weighted by Crippen LogP contribution is -2.09. The Bertz CT molecular complexity index is 1040. The van der Waals surface area contributed by atoms with Crippen molar-refractivity contribution in [2.24, 2.45) is 0 Å². The molecule has 29 heavy (non-hydrogen) atoms. The number of benzene rings is 2. The highest BCUT2D eigenvalue weighted by Crippen LogP contribution is 2.30. The maximum Gasteiger partial charge on any atom is 0.355 e. The Balaban J connectivity index is 1.71. The summed E-state index contributed by atoms with van der Waals surface area (Å²) < 4.78 is 16.5. The van der Waals surface area contributed by atoms with Gasteiger partial charge >= 0.3 is 5.97 Å². The minimum absolute atomic E-state index is 0.0994. The van der Waals surface area contributed by atoms with E-state index in [-0.39, 0.29) is 18.1 Å². The van der Waals surface area contributed by atoms with Crippen LogP contribution in [0.15, 0.2) is 42.5 Å². The molecule has 0 amide bonds. The Hall–Kier alpha value is -3.19. The highest BCUT2D eigenvalue weighted by Gasteiger charge is 2.20. The van der Waals surface area contributed by atoms with Crippen LogP contribution in [0.3, 0.4) is 0 Å². The van der Waals surface area contributed by atoms with E-state index in [1.54, 1.807) is 25.1 Å². The van der Waals surface area contributed by atoms with E-state index in [4.69, 9.17) is 14.2 Å². The molecule has 0 bridgehead atoms. The van der Waals surface area contributed by atoms with Gasteiger partial charge < -0.3 is 14.2 Å². The third kappa shape index (κ3) is 5.00. The third-order valence-corrected chi connectivity index (χ3v) is 5.29. The number of carbonyl (C=O) groups is 2. The average molecular weight is 411 g/mol. The van der Waals surface area contributed by atoms with Gasteiger partial charge in [-0.25, -0.2) is 9.78 Å². The van der Waals surface area contributed by atoms with E-state index in [0.717, 1.165) is 11.3 Å². The number of hydrogen-bond donors (Lipinski definition) is 0. The molecule has 0 fully saturated rings. The Morgan fingerprint density at radius 1 is 1.03 bits per heavy atom. The molecule has 0 aliphatic carbocycles. The van der Waals surface area contributed by atoms with Gasteiger partial charge in [0.05, 0.1) is 12.8 Å². The molecule has 6 nitrogen and oxygen atoms in total. The summed E-state index contributed by atoms with van der Waals surface area (Å²) >= 11 is 1.23. The first-order valence-corrected chi connectivity index (χ1v) is 9.76. The zero-order valence-corrected chi connectivity index (χ0v) is 17.5. The van der Waals surface area contributed by atoms with Crippen molar-refractivity contribution in [2.75, 3.05) is 7.11 Å². The normalized spacial score (nSPS) is 10.5. The zero-order chi connectivity index (χ0) is 21.0. The van der Waals surface area contributed by atoms with E-state index in [2.05, 4.69) is 4.98 Å². The summed E-state index contributed by atoms with van der Waals surface area (Å²) in [6, 6.07) is 12.4. The number of aryl methyl sites for hydroxylation is 2. The van der Waals surface area contributed by atoms with Crippen LogP contribution in [0.4, 0.5) is 0 Å². The van der Waals surface area contributed by atoms with Crippen molar-refractivity contribution in [1.29, 1.82) is 0 Å². The molecule has 0 saturated carbocycles.